The fraction of sp³-hybridized carbons (Fsp3) is 0.381. The summed E-state index contributed by atoms with van der Waals surface area (Å²) in [5, 5.41) is 24.2. The van der Waals surface area contributed by atoms with E-state index in [0.29, 0.717) is 12.1 Å². The zero-order chi connectivity index (χ0) is 21.5. The second-order valence-electron chi connectivity index (χ2n) is 6.98. The SMILES string of the molecule is COc1ccc(C(=O)Nc2ccc(C(O)CCN3CCOCC3)cc2)cc1[N+](=O)[O-]. The van der Waals surface area contributed by atoms with Crippen LogP contribution in [0.1, 0.15) is 28.4 Å². The predicted molar refractivity (Wildman–Crippen MR) is 111 cm³/mol. The molecule has 9 nitrogen and oxygen atoms in total. The number of anilines is 1. The van der Waals surface area contributed by atoms with E-state index in [1.54, 1.807) is 24.3 Å². The summed E-state index contributed by atoms with van der Waals surface area (Å²) in [5.41, 5.74) is 1.17. The third-order valence-electron chi connectivity index (χ3n) is 5.01. The van der Waals surface area contributed by atoms with E-state index < -0.39 is 16.9 Å². The number of nitro groups is 1. The van der Waals surface area contributed by atoms with Crippen LogP contribution < -0.4 is 10.1 Å². The minimum absolute atomic E-state index is 0.0898. The second kappa shape index (κ2) is 10.1. The molecule has 1 atom stereocenters. The van der Waals surface area contributed by atoms with Crippen LogP contribution in [0.3, 0.4) is 0 Å². The number of aliphatic hydroxyl groups is 1. The number of amides is 1. The quantitative estimate of drug-likeness (QED) is 0.503. The zero-order valence-corrected chi connectivity index (χ0v) is 16.7. The van der Waals surface area contributed by atoms with Crippen molar-refractivity contribution in [2.75, 3.05) is 45.3 Å². The Morgan fingerprint density at radius 1 is 1.27 bits per heavy atom. The van der Waals surface area contributed by atoms with E-state index in [2.05, 4.69) is 10.2 Å². The van der Waals surface area contributed by atoms with E-state index in [-0.39, 0.29) is 17.0 Å². The molecule has 1 aliphatic rings. The van der Waals surface area contributed by atoms with Crippen molar-refractivity contribution in [3.63, 3.8) is 0 Å². The lowest BCUT2D eigenvalue weighted by Gasteiger charge is -2.27. The molecule has 0 spiro atoms. The molecule has 0 radical (unpaired) electrons. The van der Waals surface area contributed by atoms with Crippen LogP contribution in [0.2, 0.25) is 0 Å². The monoisotopic (exact) mass is 415 g/mol. The Balaban J connectivity index is 1.59. The summed E-state index contributed by atoms with van der Waals surface area (Å²) in [5.74, 6) is -0.381. The van der Waals surface area contributed by atoms with Crippen LogP contribution in [0, 0.1) is 10.1 Å². The first-order valence-electron chi connectivity index (χ1n) is 9.70. The van der Waals surface area contributed by atoms with Gasteiger partial charge in [0.05, 0.1) is 31.4 Å². The minimum Gasteiger partial charge on any atom is -0.490 e. The fourth-order valence-corrected chi connectivity index (χ4v) is 3.26. The lowest BCUT2D eigenvalue weighted by Crippen LogP contribution is -2.37. The molecule has 3 rings (SSSR count). The number of benzene rings is 2. The van der Waals surface area contributed by atoms with Gasteiger partial charge in [0.1, 0.15) is 0 Å². The summed E-state index contributed by atoms with van der Waals surface area (Å²) in [6, 6.07) is 10.9. The number of morpholine rings is 1. The van der Waals surface area contributed by atoms with Crippen molar-refractivity contribution >= 4 is 17.3 Å². The first-order chi connectivity index (χ1) is 14.5. The molecule has 1 fully saturated rings. The summed E-state index contributed by atoms with van der Waals surface area (Å²) in [6.45, 7) is 3.99. The van der Waals surface area contributed by atoms with Gasteiger partial charge < -0.3 is 19.9 Å². The van der Waals surface area contributed by atoms with E-state index in [4.69, 9.17) is 9.47 Å². The Kier molecular flexibility index (Phi) is 7.34. The van der Waals surface area contributed by atoms with Gasteiger partial charge in [-0.15, -0.1) is 0 Å². The summed E-state index contributed by atoms with van der Waals surface area (Å²) < 4.78 is 10.3. The number of nitro benzene ring substituents is 1. The highest BCUT2D eigenvalue weighted by atomic mass is 16.6. The van der Waals surface area contributed by atoms with Gasteiger partial charge in [0.25, 0.3) is 5.91 Å². The van der Waals surface area contributed by atoms with Crippen LogP contribution in [0.15, 0.2) is 42.5 Å². The maximum absolute atomic E-state index is 12.4. The molecule has 0 aliphatic carbocycles. The Morgan fingerprint density at radius 3 is 2.60 bits per heavy atom. The van der Waals surface area contributed by atoms with Crippen LogP contribution in [0.25, 0.3) is 0 Å². The van der Waals surface area contributed by atoms with Gasteiger partial charge in [-0.25, -0.2) is 0 Å². The molecule has 1 unspecified atom stereocenters. The van der Waals surface area contributed by atoms with E-state index in [0.717, 1.165) is 38.4 Å². The number of hydrogen-bond acceptors (Lipinski definition) is 7. The van der Waals surface area contributed by atoms with Crippen LogP contribution in [0.5, 0.6) is 5.75 Å². The van der Waals surface area contributed by atoms with E-state index >= 15 is 0 Å². The summed E-state index contributed by atoms with van der Waals surface area (Å²) in [7, 11) is 1.33. The normalized spacial score (nSPS) is 15.4. The number of carbonyl (C=O) groups is 1. The summed E-state index contributed by atoms with van der Waals surface area (Å²) in [6.07, 6.45) is 0.0168. The Bertz CT molecular complexity index is 881. The van der Waals surface area contributed by atoms with Crippen molar-refractivity contribution < 1.29 is 24.3 Å². The highest BCUT2D eigenvalue weighted by Gasteiger charge is 2.18. The molecule has 2 N–H and O–H groups in total. The minimum atomic E-state index is -0.596. The number of nitrogens with zero attached hydrogens (tertiary/aromatic N) is 2. The molecule has 2 aromatic rings. The molecular formula is C21H25N3O6. The van der Waals surface area contributed by atoms with Crippen LogP contribution in [0.4, 0.5) is 11.4 Å². The van der Waals surface area contributed by atoms with Gasteiger partial charge in [0.2, 0.25) is 0 Å². The van der Waals surface area contributed by atoms with Crippen LogP contribution in [-0.2, 0) is 4.74 Å². The molecular weight excluding hydrogens is 390 g/mol. The van der Waals surface area contributed by atoms with E-state index in [9.17, 15) is 20.0 Å². The van der Waals surface area contributed by atoms with Crippen molar-refractivity contribution in [1.82, 2.24) is 4.90 Å². The molecule has 1 saturated heterocycles. The van der Waals surface area contributed by atoms with Gasteiger partial charge in [0, 0.05) is 37.0 Å². The number of aliphatic hydroxyl groups excluding tert-OH is 1. The van der Waals surface area contributed by atoms with Crippen molar-refractivity contribution in [1.29, 1.82) is 0 Å². The molecule has 0 saturated carbocycles. The van der Waals surface area contributed by atoms with Gasteiger partial charge in [-0.1, -0.05) is 12.1 Å². The van der Waals surface area contributed by atoms with Crippen LogP contribution in [-0.4, -0.2) is 60.8 Å². The average molecular weight is 415 g/mol. The summed E-state index contributed by atoms with van der Waals surface area (Å²) >= 11 is 0. The number of ether oxygens (including phenoxy) is 2. The third kappa shape index (κ3) is 5.53. The molecule has 2 aromatic carbocycles. The average Bonchev–Trinajstić information content (AvgIpc) is 2.78. The third-order valence-corrected chi connectivity index (χ3v) is 5.01. The largest absolute Gasteiger partial charge is 0.490 e. The molecule has 1 heterocycles. The van der Waals surface area contributed by atoms with Crippen molar-refractivity contribution in [2.45, 2.75) is 12.5 Å². The van der Waals surface area contributed by atoms with Crippen molar-refractivity contribution in [3.8, 4) is 5.75 Å². The molecule has 9 heteroatoms. The van der Waals surface area contributed by atoms with Crippen molar-refractivity contribution in [3.05, 3.63) is 63.7 Å². The Morgan fingerprint density at radius 2 is 1.97 bits per heavy atom. The zero-order valence-electron chi connectivity index (χ0n) is 16.7. The lowest BCUT2D eigenvalue weighted by atomic mass is 10.1. The highest BCUT2D eigenvalue weighted by Crippen LogP contribution is 2.28. The molecule has 160 valence electrons. The van der Waals surface area contributed by atoms with Gasteiger partial charge in [-0.3, -0.25) is 19.8 Å². The van der Waals surface area contributed by atoms with Gasteiger partial charge >= 0.3 is 5.69 Å². The van der Waals surface area contributed by atoms with Gasteiger partial charge in [-0.05, 0) is 36.2 Å². The first kappa shape index (κ1) is 21.7. The first-order valence-corrected chi connectivity index (χ1v) is 9.70. The second-order valence-corrected chi connectivity index (χ2v) is 6.98. The molecule has 1 aliphatic heterocycles. The maximum atomic E-state index is 12.4. The van der Waals surface area contributed by atoms with Crippen molar-refractivity contribution in [2.24, 2.45) is 0 Å². The standard InChI is InChI=1S/C21H25N3O6/c1-29-20-7-4-16(14-18(20)24(27)28)21(26)22-17-5-2-15(3-6-17)19(25)8-9-23-10-12-30-13-11-23/h2-7,14,19,25H,8-13H2,1H3,(H,22,26). The van der Waals surface area contributed by atoms with E-state index in [1.807, 2.05) is 0 Å². The van der Waals surface area contributed by atoms with Gasteiger partial charge in [0.15, 0.2) is 5.75 Å². The number of carbonyl (C=O) groups excluding carboxylic acids is 1. The summed E-state index contributed by atoms with van der Waals surface area (Å²) in [4.78, 5) is 25.2. The molecule has 0 bridgehead atoms. The molecule has 30 heavy (non-hydrogen) atoms. The van der Waals surface area contributed by atoms with E-state index in [1.165, 1.54) is 25.3 Å². The predicted octanol–water partition coefficient (Wildman–Crippen LogP) is 2.61. The lowest BCUT2D eigenvalue weighted by molar-refractivity contribution is -0.385. The number of hydrogen-bond donors (Lipinski definition) is 2. The molecule has 0 aromatic heterocycles. The molecule has 1 amide bonds. The number of methoxy groups -OCH3 is 1. The number of nitrogens with one attached hydrogen (secondary N) is 1. The fourth-order valence-electron chi connectivity index (χ4n) is 3.26. The Labute approximate surface area is 174 Å². The number of rotatable bonds is 8. The highest BCUT2D eigenvalue weighted by molar-refractivity contribution is 6.04. The van der Waals surface area contributed by atoms with Gasteiger partial charge in [-0.2, -0.15) is 0 Å². The topological polar surface area (TPSA) is 114 Å². The van der Waals surface area contributed by atoms with Crippen LogP contribution >= 0.6 is 0 Å². The smallest absolute Gasteiger partial charge is 0.311 e. The Hall–Kier alpha value is -3.01. The maximum Gasteiger partial charge on any atom is 0.311 e.